The van der Waals surface area contributed by atoms with Gasteiger partial charge in [-0.05, 0) is 18.1 Å². The third-order valence-electron chi connectivity index (χ3n) is 1.97. The van der Waals surface area contributed by atoms with Crippen LogP contribution in [-0.2, 0) is 11.2 Å². The van der Waals surface area contributed by atoms with Crippen LogP contribution in [0.3, 0.4) is 0 Å². The molecule has 0 saturated heterocycles. The zero-order chi connectivity index (χ0) is 11.1. The summed E-state index contributed by atoms with van der Waals surface area (Å²) in [4.78, 5) is 11.4. The molecule has 0 aliphatic heterocycles. The van der Waals surface area contributed by atoms with Crippen LogP contribution in [0.25, 0.3) is 0 Å². The first-order valence-corrected chi connectivity index (χ1v) is 5.64. The molecule has 4 heteroatoms. The maximum atomic E-state index is 11.4. The summed E-state index contributed by atoms with van der Waals surface area (Å²) >= 11 is 3.39. The molecule has 1 aromatic carbocycles. The highest BCUT2D eigenvalue weighted by molar-refractivity contribution is 9.10. The minimum atomic E-state index is -0.0182. The maximum Gasteiger partial charge on any atom is 0.224 e. The predicted molar refractivity (Wildman–Crippen MR) is 62.6 cm³/mol. The first kappa shape index (κ1) is 12.2. The minimum absolute atomic E-state index is 0.0182. The quantitative estimate of drug-likeness (QED) is 0.798. The maximum absolute atomic E-state index is 11.4. The van der Waals surface area contributed by atoms with E-state index in [1.807, 2.05) is 24.3 Å². The second-order valence-electron chi connectivity index (χ2n) is 3.20. The Hall–Kier alpha value is -0.870. The summed E-state index contributed by atoms with van der Waals surface area (Å²) in [6, 6.07) is 7.64. The number of aliphatic hydroxyl groups excluding tert-OH is 1. The number of amides is 1. The smallest absolute Gasteiger partial charge is 0.224 e. The number of nitrogens with one attached hydrogen (secondary N) is 1. The second-order valence-corrected chi connectivity index (χ2v) is 4.05. The van der Waals surface area contributed by atoms with Gasteiger partial charge in [0.1, 0.15) is 0 Å². The van der Waals surface area contributed by atoms with E-state index in [0.29, 0.717) is 19.4 Å². The van der Waals surface area contributed by atoms with Crippen molar-refractivity contribution in [3.63, 3.8) is 0 Å². The van der Waals surface area contributed by atoms with Crippen LogP contribution >= 0.6 is 15.9 Å². The Balaban J connectivity index is 2.41. The normalized spacial score (nSPS) is 10.0. The van der Waals surface area contributed by atoms with E-state index in [1.54, 1.807) is 0 Å². The first-order valence-electron chi connectivity index (χ1n) is 4.85. The molecule has 0 saturated carbocycles. The van der Waals surface area contributed by atoms with Crippen LogP contribution in [0, 0.1) is 0 Å². The van der Waals surface area contributed by atoms with Crippen LogP contribution in [0.4, 0.5) is 0 Å². The molecule has 1 amide bonds. The van der Waals surface area contributed by atoms with E-state index in [4.69, 9.17) is 5.11 Å². The lowest BCUT2D eigenvalue weighted by Crippen LogP contribution is -2.26. The average Bonchev–Trinajstić information content (AvgIpc) is 2.22. The van der Waals surface area contributed by atoms with E-state index < -0.39 is 0 Å². The molecule has 0 bridgehead atoms. The first-order chi connectivity index (χ1) is 7.24. The van der Waals surface area contributed by atoms with Gasteiger partial charge in [-0.2, -0.15) is 0 Å². The van der Waals surface area contributed by atoms with Crippen LogP contribution in [0.15, 0.2) is 28.7 Å². The van der Waals surface area contributed by atoms with Crippen LogP contribution in [0.5, 0.6) is 0 Å². The molecule has 0 heterocycles. The van der Waals surface area contributed by atoms with Crippen molar-refractivity contribution in [3.05, 3.63) is 34.3 Å². The van der Waals surface area contributed by atoms with Gasteiger partial charge in [-0.15, -0.1) is 0 Å². The fourth-order valence-electron chi connectivity index (χ4n) is 1.18. The number of carbonyl (C=O) groups excluding carboxylic acids is 1. The Bertz CT molecular complexity index is 328. The summed E-state index contributed by atoms with van der Waals surface area (Å²) in [5.41, 5.74) is 0.971. The van der Waals surface area contributed by atoms with Crippen LogP contribution in [-0.4, -0.2) is 24.2 Å². The van der Waals surface area contributed by atoms with Crippen molar-refractivity contribution in [3.8, 4) is 0 Å². The zero-order valence-electron chi connectivity index (χ0n) is 8.37. The van der Waals surface area contributed by atoms with Crippen LogP contribution in [0.2, 0.25) is 0 Å². The van der Waals surface area contributed by atoms with Gasteiger partial charge in [-0.3, -0.25) is 4.79 Å². The molecule has 0 spiro atoms. The number of rotatable bonds is 5. The highest BCUT2D eigenvalue weighted by atomic mass is 79.9. The molecular weight excluding hydrogens is 258 g/mol. The molecule has 0 aliphatic rings. The molecular formula is C11H14BrNO2. The summed E-state index contributed by atoms with van der Waals surface area (Å²) < 4.78 is 0.947. The Labute approximate surface area is 97.6 Å². The predicted octanol–water partition coefficient (Wildman–Crippen LogP) is 1.49. The third kappa shape index (κ3) is 4.44. The fraction of sp³-hybridized carbons (Fsp3) is 0.364. The van der Waals surface area contributed by atoms with E-state index in [0.717, 1.165) is 10.0 Å². The van der Waals surface area contributed by atoms with E-state index in [-0.39, 0.29) is 12.5 Å². The highest BCUT2D eigenvalue weighted by Crippen LogP contribution is 2.15. The molecule has 15 heavy (non-hydrogen) atoms. The zero-order valence-corrected chi connectivity index (χ0v) is 9.96. The standard InChI is InChI=1S/C11H14BrNO2/c12-10-5-2-1-4-9(10)8-11(15)13-6-3-7-14/h1-2,4-5,14H,3,6-8H2,(H,13,15). The van der Waals surface area contributed by atoms with Gasteiger partial charge in [0.15, 0.2) is 0 Å². The van der Waals surface area contributed by atoms with Gasteiger partial charge in [0.05, 0.1) is 6.42 Å². The molecule has 0 aliphatic carbocycles. The summed E-state index contributed by atoms with van der Waals surface area (Å²) in [6.45, 7) is 0.634. The van der Waals surface area contributed by atoms with Gasteiger partial charge in [0, 0.05) is 17.6 Å². The number of hydrogen-bond acceptors (Lipinski definition) is 2. The molecule has 1 aromatic rings. The van der Waals surface area contributed by atoms with Crippen molar-refractivity contribution < 1.29 is 9.90 Å². The largest absolute Gasteiger partial charge is 0.396 e. The molecule has 1 rings (SSSR count). The molecule has 0 aromatic heterocycles. The number of benzene rings is 1. The molecule has 0 atom stereocenters. The van der Waals surface area contributed by atoms with Crippen molar-refractivity contribution >= 4 is 21.8 Å². The summed E-state index contributed by atoms with van der Waals surface area (Å²) in [6.07, 6.45) is 0.967. The van der Waals surface area contributed by atoms with Crippen molar-refractivity contribution in [1.82, 2.24) is 5.32 Å². The fourth-order valence-corrected chi connectivity index (χ4v) is 1.61. The molecule has 3 nitrogen and oxygen atoms in total. The van der Waals surface area contributed by atoms with Gasteiger partial charge < -0.3 is 10.4 Å². The lowest BCUT2D eigenvalue weighted by atomic mass is 10.1. The Morgan fingerprint density at radius 1 is 1.40 bits per heavy atom. The minimum Gasteiger partial charge on any atom is -0.396 e. The third-order valence-corrected chi connectivity index (χ3v) is 2.74. The molecule has 82 valence electrons. The summed E-state index contributed by atoms with van der Waals surface area (Å²) in [5, 5.41) is 11.3. The van der Waals surface area contributed by atoms with Gasteiger partial charge >= 0.3 is 0 Å². The highest BCUT2D eigenvalue weighted by Gasteiger charge is 2.04. The van der Waals surface area contributed by atoms with Gasteiger partial charge in [-0.25, -0.2) is 0 Å². The van der Waals surface area contributed by atoms with Gasteiger partial charge in [0.2, 0.25) is 5.91 Å². The molecule has 0 fully saturated rings. The lowest BCUT2D eigenvalue weighted by Gasteiger charge is -2.05. The Kier molecular flexibility index (Phi) is 5.36. The van der Waals surface area contributed by atoms with Gasteiger partial charge in [-0.1, -0.05) is 34.1 Å². The van der Waals surface area contributed by atoms with Crippen molar-refractivity contribution in [2.24, 2.45) is 0 Å². The van der Waals surface area contributed by atoms with Crippen LogP contribution in [0.1, 0.15) is 12.0 Å². The van der Waals surface area contributed by atoms with E-state index >= 15 is 0 Å². The van der Waals surface area contributed by atoms with E-state index in [9.17, 15) is 4.79 Å². The second kappa shape index (κ2) is 6.58. The summed E-state index contributed by atoms with van der Waals surface area (Å²) in [5.74, 6) is -0.0182. The summed E-state index contributed by atoms with van der Waals surface area (Å²) in [7, 11) is 0. The van der Waals surface area contributed by atoms with E-state index in [2.05, 4.69) is 21.2 Å². The van der Waals surface area contributed by atoms with E-state index in [1.165, 1.54) is 0 Å². The Morgan fingerprint density at radius 3 is 2.80 bits per heavy atom. The molecule has 0 radical (unpaired) electrons. The molecule has 0 unspecified atom stereocenters. The average molecular weight is 272 g/mol. The monoisotopic (exact) mass is 271 g/mol. The number of hydrogen-bond donors (Lipinski definition) is 2. The SMILES string of the molecule is O=C(Cc1ccccc1Br)NCCCO. The number of carbonyl (C=O) groups is 1. The topological polar surface area (TPSA) is 49.3 Å². The lowest BCUT2D eigenvalue weighted by molar-refractivity contribution is -0.120. The number of aliphatic hydroxyl groups is 1. The molecule has 2 N–H and O–H groups in total. The Morgan fingerprint density at radius 2 is 2.13 bits per heavy atom. The van der Waals surface area contributed by atoms with Crippen molar-refractivity contribution in [2.45, 2.75) is 12.8 Å². The van der Waals surface area contributed by atoms with Crippen LogP contribution < -0.4 is 5.32 Å². The van der Waals surface area contributed by atoms with Gasteiger partial charge in [0.25, 0.3) is 0 Å². The van der Waals surface area contributed by atoms with Crippen molar-refractivity contribution in [1.29, 1.82) is 0 Å². The van der Waals surface area contributed by atoms with Crippen molar-refractivity contribution in [2.75, 3.05) is 13.2 Å². The number of halogens is 1.